The Morgan fingerprint density at radius 2 is 2.11 bits per heavy atom. The monoisotopic (exact) mass is 392 g/mol. The van der Waals surface area contributed by atoms with Crippen LogP contribution in [0.2, 0.25) is 0 Å². The van der Waals surface area contributed by atoms with Crippen molar-refractivity contribution in [1.82, 2.24) is 10.2 Å². The number of carbonyl (C=O) groups excluding carboxylic acids is 3. The summed E-state index contributed by atoms with van der Waals surface area (Å²) in [5.74, 6) is -2.34. The van der Waals surface area contributed by atoms with Crippen molar-refractivity contribution >= 4 is 17.8 Å². The first-order chi connectivity index (χ1) is 13.4. The summed E-state index contributed by atoms with van der Waals surface area (Å²) in [5.41, 5.74) is 1.11. The van der Waals surface area contributed by atoms with Gasteiger partial charge in [0.2, 0.25) is 11.8 Å². The van der Waals surface area contributed by atoms with Crippen LogP contribution in [0.3, 0.4) is 0 Å². The number of methoxy groups -OCH3 is 1. The number of hydrogen-bond acceptors (Lipinski definition) is 5. The van der Waals surface area contributed by atoms with E-state index in [9.17, 15) is 18.8 Å². The van der Waals surface area contributed by atoms with Crippen LogP contribution in [0.25, 0.3) is 0 Å². The van der Waals surface area contributed by atoms with Crippen LogP contribution in [-0.2, 0) is 23.9 Å². The van der Waals surface area contributed by atoms with Gasteiger partial charge in [-0.3, -0.25) is 9.59 Å². The highest BCUT2D eigenvalue weighted by molar-refractivity contribution is 5.97. The van der Waals surface area contributed by atoms with Gasteiger partial charge in [-0.25, -0.2) is 9.18 Å². The van der Waals surface area contributed by atoms with E-state index in [2.05, 4.69) is 5.32 Å². The number of carbonyl (C=O) groups is 3. The van der Waals surface area contributed by atoms with Crippen molar-refractivity contribution in [3.8, 4) is 0 Å². The lowest BCUT2D eigenvalue weighted by molar-refractivity contribution is -0.141. The van der Waals surface area contributed by atoms with Crippen LogP contribution in [0.4, 0.5) is 4.39 Å². The third-order valence-corrected chi connectivity index (χ3v) is 4.50. The van der Waals surface area contributed by atoms with Crippen molar-refractivity contribution in [2.45, 2.75) is 26.2 Å². The summed E-state index contributed by atoms with van der Waals surface area (Å²) in [6, 6.07) is 5.80. The van der Waals surface area contributed by atoms with E-state index in [4.69, 9.17) is 9.47 Å². The third kappa shape index (κ3) is 5.16. The van der Waals surface area contributed by atoms with Gasteiger partial charge in [-0.2, -0.15) is 0 Å². The number of nitrogens with one attached hydrogen (secondary N) is 1. The molecule has 2 rings (SSSR count). The van der Waals surface area contributed by atoms with Crippen LogP contribution in [0, 0.1) is 5.82 Å². The fourth-order valence-corrected chi connectivity index (χ4v) is 3.18. The van der Waals surface area contributed by atoms with E-state index in [1.807, 2.05) is 0 Å². The zero-order valence-corrected chi connectivity index (χ0v) is 16.3. The molecule has 8 heteroatoms. The number of rotatable bonds is 8. The smallest absolute Gasteiger partial charge is 0.336 e. The Bertz CT molecular complexity index is 778. The Kier molecular flexibility index (Phi) is 7.69. The Labute approximate surface area is 163 Å². The average molecular weight is 392 g/mol. The van der Waals surface area contributed by atoms with Gasteiger partial charge < -0.3 is 19.7 Å². The number of amides is 2. The Morgan fingerprint density at radius 3 is 2.75 bits per heavy atom. The highest BCUT2D eigenvalue weighted by Gasteiger charge is 2.37. The van der Waals surface area contributed by atoms with Crippen LogP contribution in [0.1, 0.15) is 31.7 Å². The van der Waals surface area contributed by atoms with Gasteiger partial charge >= 0.3 is 5.97 Å². The van der Waals surface area contributed by atoms with Crippen molar-refractivity contribution < 1.29 is 28.2 Å². The lowest BCUT2D eigenvalue weighted by Crippen LogP contribution is -2.44. The molecule has 1 aliphatic heterocycles. The molecule has 0 bridgehead atoms. The molecule has 0 radical (unpaired) electrons. The second-order valence-corrected chi connectivity index (χ2v) is 6.35. The maximum Gasteiger partial charge on any atom is 0.336 e. The van der Waals surface area contributed by atoms with E-state index >= 15 is 0 Å². The third-order valence-electron chi connectivity index (χ3n) is 4.50. The molecule has 152 valence electrons. The molecule has 28 heavy (non-hydrogen) atoms. The van der Waals surface area contributed by atoms with E-state index < -0.39 is 17.7 Å². The van der Waals surface area contributed by atoms with Crippen LogP contribution in [0.15, 0.2) is 35.5 Å². The first-order valence-electron chi connectivity index (χ1n) is 9.08. The molecule has 0 saturated heterocycles. The highest BCUT2D eigenvalue weighted by atomic mass is 19.1. The number of allylic oxidation sites excluding steroid dienone is 1. The molecule has 0 saturated carbocycles. The fourth-order valence-electron chi connectivity index (χ4n) is 3.18. The zero-order chi connectivity index (χ0) is 20.7. The molecule has 1 aromatic rings. The Balaban J connectivity index is 2.35. The fraction of sp³-hybridized carbons (Fsp3) is 0.450. The minimum Gasteiger partial charge on any atom is -0.463 e. The molecule has 0 aromatic heterocycles. The quantitative estimate of drug-likeness (QED) is 0.538. The van der Waals surface area contributed by atoms with Crippen molar-refractivity contribution in [1.29, 1.82) is 0 Å². The molecule has 7 nitrogen and oxygen atoms in total. The predicted molar refractivity (Wildman–Crippen MR) is 99.7 cm³/mol. The molecule has 2 amide bonds. The molecule has 1 aliphatic rings. The summed E-state index contributed by atoms with van der Waals surface area (Å²) < 4.78 is 23.7. The zero-order valence-electron chi connectivity index (χ0n) is 16.3. The molecule has 1 N–H and O–H groups in total. The number of nitrogens with zero attached hydrogens (tertiary/aromatic N) is 1. The molecular formula is C20H25FN2O5. The predicted octanol–water partition coefficient (Wildman–Crippen LogP) is 1.74. The van der Waals surface area contributed by atoms with Gasteiger partial charge in [0.1, 0.15) is 12.4 Å². The van der Waals surface area contributed by atoms with E-state index in [1.165, 1.54) is 30.2 Å². The van der Waals surface area contributed by atoms with E-state index in [0.29, 0.717) is 24.4 Å². The van der Waals surface area contributed by atoms with E-state index in [-0.39, 0.29) is 37.0 Å². The van der Waals surface area contributed by atoms with Crippen molar-refractivity contribution in [3.05, 3.63) is 46.9 Å². The van der Waals surface area contributed by atoms with Gasteiger partial charge in [0.25, 0.3) is 0 Å². The Morgan fingerprint density at radius 1 is 1.36 bits per heavy atom. The molecule has 0 spiro atoms. The largest absolute Gasteiger partial charge is 0.463 e. The number of halogens is 1. The van der Waals surface area contributed by atoms with Gasteiger partial charge in [-0.15, -0.1) is 0 Å². The summed E-state index contributed by atoms with van der Waals surface area (Å²) in [4.78, 5) is 38.7. The van der Waals surface area contributed by atoms with E-state index in [0.717, 1.165) is 0 Å². The SMILES string of the molecule is CCOC(=O)C1=C(C)N(CC(=O)NCCOC)C(=O)CC1c1cccc(F)c1. The van der Waals surface area contributed by atoms with Crippen molar-refractivity contribution in [2.75, 3.05) is 33.4 Å². The van der Waals surface area contributed by atoms with Crippen LogP contribution >= 0.6 is 0 Å². The topological polar surface area (TPSA) is 84.9 Å². The second kappa shape index (κ2) is 9.98. The van der Waals surface area contributed by atoms with Gasteiger partial charge in [0.15, 0.2) is 0 Å². The summed E-state index contributed by atoms with van der Waals surface area (Å²) in [6.07, 6.45) is -0.0553. The van der Waals surface area contributed by atoms with E-state index in [1.54, 1.807) is 19.9 Å². The number of esters is 1. The van der Waals surface area contributed by atoms with Crippen LogP contribution < -0.4 is 5.32 Å². The minimum atomic E-state index is -0.630. The first-order valence-corrected chi connectivity index (χ1v) is 9.08. The highest BCUT2D eigenvalue weighted by Crippen LogP contribution is 2.37. The van der Waals surface area contributed by atoms with Crippen LogP contribution in [-0.4, -0.2) is 56.1 Å². The molecule has 0 aliphatic carbocycles. The normalized spacial score (nSPS) is 16.9. The number of benzene rings is 1. The number of ether oxygens (including phenoxy) is 2. The molecule has 1 unspecified atom stereocenters. The van der Waals surface area contributed by atoms with Crippen LogP contribution in [0.5, 0.6) is 0 Å². The molecule has 1 heterocycles. The maximum absolute atomic E-state index is 13.7. The minimum absolute atomic E-state index is 0.0553. The van der Waals surface area contributed by atoms with Gasteiger partial charge in [0.05, 0.1) is 18.8 Å². The molecule has 0 fully saturated rings. The lowest BCUT2D eigenvalue weighted by Gasteiger charge is -2.34. The lowest BCUT2D eigenvalue weighted by atomic mass is 9.83. The van der Waals surface area contributed by atoms with Gasteiger partial charge in [-0.1, -0.05) is 12.1 Å². The summed E-state index contributed by atoms with van der Waals surface area (Å²) in [6.45, 7) is 3.89. The van der Waals surface area contributed by atoms with Crippen molar-refractivity contribution in [3.63, 3.8) is 0 Å². The Hall–Kier alpha value is -2.74. The van der Waals surface area contributed by atoms with Gasteiger partial charge in [0, 0.05) is 31.7 Å². The molecule has 1 aromatic carbocycles. The summed E-state index contributed by atoms with van der Waals surface area (Å²) >= 11 is 0. The summed E-state index contributed by atoms with van der Waals surface area (Å²) in [5, 5.41) is 2.65. The molecular weight excluding hydrogens is 367 g/mol. The maximum atomic E-state index is 13.7. The average Bonchev–Trinajstić information content (AvgIpc) is 2.65. The first kappa shape index (κ1) is 21.6. The second-order valence-electron chi connectivity index (χ2n) is 6.35. The number of hydrogen-bond donors (Lipinski definition) is 1. The standard InChI is InChI=1S/C20H25FN2O5/c1-4-28-20(26)19-13(2)23(12-17(24)22-8-9-27-3)18(25)11-16(19)14-6-5-7-15(21)10-14/h5-7,10,16H,4,8-9,11-12H2,1-3H3,(H,22,24). The molecule has 1 atom stereocenters. The van der Waals surface area contributed by atoms with Crippen molar-refractivity contribution in [2.24, 2.45) is 0 Å². The van der Waals surface area contributed by atoms with Gasteiger partial charge in [-0.05, 0) is 31.5 Å². The summed E-state index contributed by atoms with van der Waals surface area (Å²) in [7, 11) is 1.52.